The van der Waals surface area contributed by atoms with Crippen molar-refractivity contribution in [3.05, 3.63) is 31.2 Å². The van der Waals surface area contributed by atoms with E-state index < -0.39 is 0 Å². The third-order valence-electron chi connectivity index (χ3n) is 1.27. The van der Waals surface area contributed by atoms with E-state index in [-0.39, 0.29) is 0 Å². The Hall–Kier alpha value is -0.520. The smallest absolute Gasteiger partial charge is 0.0232 e. The van der Waals surface area contributed by atoms with Crippen molar-refractivity contribution in [2.24, 2.45) is 0 Å². The molecule has 0 saturated carbocycles. The Balaban J connectivity index is 3.14. The predicted molar refractivity (Wildman–Crippen MR) is 43.2 cm³/mol. The van der Waals surface area contributed by atoms with E-state index >= 15 is 0 Å². The van der Waals surface area contributed by atoms with E-state index in [0.717, 1.165) is 19.3 Å². The Labute approximate surface area is 58.3 Å². The molecule has 0 heteroatoms. The molecular formula is C9H15. The number of rotatable bonds is 5. The van der Waals surface area contributed by atoms with Crippen molar-refractivity contribution in [1.29, 1.82) is 0 Å². The quantitative estimate of drug-likeness (QED) is 0.493. The van der Waals surface area contributed by atoms with Gasteiger partial charge in [0.05, 0.1) is 0 Å². The van der Waals surface area contributed by atoms with Crippen molar-refractivity contribution >= 4 is 0 Å². The van der Waals surface area contributed by atoms with E-state index in [1.54, 1.807) is 0 Å². The Morgan fingerprint density at radius 2 is 2.00 bits per heavy atom. The molecule has 0 aliphatic rings. The molecular weight excluding hydrogens is 108 g/mol. The van der Waals surface area contributed by atoms with Gasteiger partial charge in [0.1, 0.15) is 0 Å². The summed E-state index contributed by atoms with van der Waals surface area (Å²) in [5.74, 6) is 1.49. The van der Waals surface area contributed by atoms with Crippen LogP contribution in [-0.2, 0) is 0 Å². The zero-order chi connectivity index (χ0) is 7.11. The van der Waals surface area contributed by atoms with E-state index in [2.05, 4.69) is 20.1 Å². The van der Waals surface area contributed by atoms with Crippen LogP contribution in [0, 0.1) is 5.92 Å². The molecule has 0 aliphatic heterocycles. The summed E-state index contributed by atoms with van der Waals surface area (Å²) >= 11 is 0. The highest BCUT2D eigenvalue weighted by Gasteiger charge is 1.95. The monoisotopic (exact) mass is 123 g/mol. The second-order valence-corrected chi connectivity index (χ2v) is 2.28. The summed E-state index contributed by atoms with van der Waals surface area (Å²) in [6.07, 6.45) is 7.20. The average molecular weight is 123 g/mol. The van der Waals surface area contributed by atoms with Gasteiger partial charge in [-0.3, -0.25) is 0 Å². The van der Waals surface area contributed by atoms with Gasteiger partial charge in [-0.05, 0) is 25.2 Å². The van der Waals surface area contributed by atoms with E-state index in [4.69, 9.17) is 0 Å². The van der Waals surface area contributed by atoms with Crippen LogP contribution in [-0.4, -0.2) is 0 Å². The van der Waals surface area contributed by atoms with Crippen molar-refractivity contribution in [2.75, 3.05) is 0 Å². The van der Waals surface area contributed by atoms with Gasteiger partial charge in [-0.1, -0.05) is 19.1 Å². The molecule has 0 N–H and O–H groups in total. The minimum absolute atomic E-state index is 1.05. The third kappa shape index (κ3) is 5.35. The van der Waals surface area contributed by atoms with Crippen LogP contribution < -0.4 is 0 Å². The summed E-state index contributed by atoms with van der Waals surface area (Å²) in [4.78, 5) is 0. The van der Waals surface area contributed by atoms with Crippen molar-refractivity contribution < 1.29 is 0 Å². The first-order chi connectivity index (χ1) is 4.31. The second-order valence-electron chi connectivity index (χ2n) is 2.28. The minimum Gasteiger partial charge on any atom is -0.103 e. The molecule has 0 aromatic heterocycles. The van der Waals surface area contributed by atoms with Gasteiger partial charge in [-0.15, -0.1) is 13.2 Å². The van der Waals surface area contributed by atoms with Crippen molar-refractivity contribution in [2.45, 2.75) is 26.2 Å². The lowest BCUT2D eigenvalue weighted by Crippen LogP contribution is -1.86. The maximum atomic E-state index is 3.66. The second kappa shape index (κ2) is 5.61. The summed E-state index contributed by atoms with van der Waals surface area (Å²) in [5.41, 5.74) is 0. The Morgan fingerprint density at radius 1 is 1.33 bits per heavy atom. The number of allylic oxidation sites excluding steroid dienone is 2. The molecule has 0 bridgehead atoms. The Kier molecular flexibility index (Phi) is 5.29. The van der Waals surface area contributed by atoms with Gasteiger partial charge in [0.25, 0.3) is 0 Å². The standard InChI is InChI=1S/C9H15/c1-4-6-8-9(3)7-5-2/h4-5H,1-2,6-8H2,3H3. The molecule has 0 spiro atoms. The number of hydrogen-bond donors (Lipinski definition) is 0. The van der Waals surface area contributed by atoms with Crippen LogP contribution in [0.4, 0.5) is 0 Å². The van der Waals surface area contributed by atoms with Gasteiger partial charge >= 0.3 is 0 Å². The highest BCUT2D eigenvalue weighted by atomic mass is 14.0. The molecule has 0 nitrogen and oxygen atoms in total. The van der Waals surface area contributed by atoms with Gasteiger partial charge in [0.15, 0.2) is 0 Å². The molecule has 0 saturated heterocycles. The molecule has 9 heavy (non-hydrogen) atoms. The Bertz CT molecular complexity index is 82.0. The fourth-order valence-corrected chi connectivity index (χ4v) is 0.697. The van der Waals surface area contributed by atoms with E-state index in [9.17, 15) is 0 Å². The van der Waals surface area contributed by atoms with Crippen molar-refractivity contribution in [3.63, 3.8) is 0 Å². The topological polar surface area (TPSA) is 0 Å². The van der Waals surface area contributed by atoms with Gasteiger partial charge in [0, 0.05) is 0 Å². The summed E-state index contributed by atoms with van der Waals surface area (Å²) < 4.78 is 0. The van der Waals surface area contributed by atoms with Crippen LogP contribution in [0.15, 0.2) is 25.3 Å². The van der Waals surface area contributed by atoms with E-state index in [0.29, 0.717) is 0 Å². The summed E-state index contributed by atoms with van der Waals surface area (Å²) in [6.45, 7) is 9.47. The molecule has 0 aliphatic carbocycles. The molecule has 1 radical (unpaired) electrons. The summed E-state index contributed by atoms with van der Waals surface area (Å²) in [6, 6.07) is 0. The fourth-order valence-electron chi connectivity index (χ4n) is 0.697. The fraction of sp³-hybridized carbons (Fsp3) is 0.444. The van der Waals surface area contributed by atoms with E-state index in [1.165, 1.54) is 5.92 Å². The number of hydrogen-bond acceptors (Lipinski definition) is 0. The SMILES string of the molecule is C=CCC[C](C)CC=C. The molecule has 0 atom stereocenters. The highest BCUT2D eigenvalue weighted by molar-refractivity contribution is 4.92. The molecule has 0 amide bonds. The Morgan fingerprint density at radius 3 is 2.44 bits per heavy atom. The predicted octanol–water partition coefficient (Wildman–Crippen LogP) is 3.12. The zero-order valence-electron chi connectivity index (χ0n) is 6.19. The molecule has 0 unspecified atom stereocenters. The van der Waals surface area contributed by atoms with Crippen molar-refractivity contribution in [1.82, 2.24) is 0 Å². The lowest BCUT2D eigenvalue weighted by molar-refractivity contribution is 0.807. The lowest BCUT2D eigenvalue weighted by Gasteiger charge is -2.03. The molecule has 0 heterocycles. The van der Waals surface area contributed by atoms with Crippen LogP contribution in [0.5, 0.6) is 0 Å². The highest BCUT2D eigenvalue weighted by Crippen LogP contribution is 2.12. The molecule has 0 rings (SSSR count). The average Bonchev–Trinajstić information content (AvgIpc) is 1.85. The van der Waals surface area contributed by atoms with Crippen LogP contribution in [0.3, 0.4) is 0 Å². The zero-order valence-corrected chi connectivity index (χ0v) is 6.19. The van der Waals surface area contributed by atoms with Crippen LogP contribution in [0.1, 0.15) is 26.2 Å². The first-order valence-corrected chi connectivity index (χ1v) is 3.34. The van der Waals surface area contributed by atoms with Gasteiger partial charge in [-0.2, -0.15) is 0 Å². The summed E-state index contributed by atoms with van der Waals surface area (Å²) in [5, 5.41) is 0. The third-order valence-corrected chi connectivity index (χ3v) is 1.27. The summed E-state index contributed by atoms with van der Waals surface area (Å²) in [7, 11) is 0. The normalized spacial score (nSPS) is 9.56. The van der Waals surface area contributed by atoms with E-state index in [1.807, 2.05) is 12.2 Å². The first kappa shape index (κ1) is 8.48. The largest absolute Gasteiger partial charge is 0.103 e. The lowest BCUT2D eigenvalue weighted by atomic mass is 10.0. The van der Waals surface area contributed by atoms with Gasteiger partial charge in [0.2, 0.25) is 0 Å². The van der Waals surface area contributed by atoms with Gasteiger partial charge in [-0.25, -0.2) is 0 Å². The molecule has 0 fully saturated rings. The molecule has 0 aromatic carbocycles. The maximum absolute atomic E-state index is 3.66. The molecule has 51 valence electrons. The molecule has 0 aromatic rings. The van der Waals surface area contributed by atoms with Crippen molar-refractivity contribution in [3.8, 4) is 0 Å². The first-order valence-electron chi connectivity index (χ1n) is 3.34. The van der Waals surface area contributed by atoms with Gasteiger partial charge < -0.3 is 0 Å². The van der Waals surface area contributed by atoms with Crippen LogP contribution >= 0.6 is 0 Å². The maximum Gasteiger partial charge on any atom is -0.0232 e. The van der Waals surface area contributed by atoms with Crippen LogP contribution in [0.2, 0.25) is 0 Å². The minimum atomic E-state index is 1.05. The van der Waals surface area contributed by atoms with Crippen LogP contribution in [0.25, 0.3) is 0 Å².